The van der Waals surface area contributed by atoms with Gasteiger partial charge in [-0.3, -0.25) is 9.59 Å². The Morgan fingerprint density at radius 2 is 1.72 bits per heavy atom. The standard InChI is InChI=1S/C17H22N4O4/c1-17(2,3)25-16(24)19-10-8-15(23)21-13-6-4-5-12(11-13)20-14(22)7-9-18/h4-6,11H,7-8,10H2,1-3H3,(H,19,24)(H,20,22)(H,21,23). The Balaban J connectivity index is 2.43. The molecule has 0 saturated heterocycles. The highest BCUT2D eigenvalue weighted by atomic mass is 16.6. The molecule has 0 aliphatic carbocycles. The zero-order valence-electron chi connectivity index (χ0n) is 14.5. The highest BCUT2D eigenvalue weighted by molar-refractivity contribution is 5.94. The van der Waals surface area contributed by atoms with Gasteiger partial charge in [0.15, 0.2) is 0 Å². The summed E-state index contributed by atoms with van der Waals surface area (Å²) in [4.78, 5) is 34.7. The first kappa shape index (κ1) is 20.0. The minimum Gasteiger partial charge on any atom is -0.444 e. The third-order valence-corrected chi connectivity index (χ3v) is 2.69. The maximum atomic E-state index is 11.9. The molecule has 3 amide bonds. The Hall–Kier alpha value is -3.08. The van der Waals surface area contributed by atoms with E-state index in [0.29, 0.717) is 11.4 Å². The molecule has 0 heterocycles. The molecule has 25 heavy (non-hydrogen) atoms. The maximum absolute atomic E-state index is 11.9. The van der Waals surface area contributed by atoms with Gasteiger partial charge >= 0.3 is 6.09 Å². The average molecular weight is 346 g/mol. The molecule has 0 atom stereocenters. The van der Waals surface area contributed by atoms with Gasteiger partial charge in [-0.1, -0.05) is 6.07 Å². The van der Waals surface area contributed by atoms with Gasteiger partial charge in [0.1, 0.15) is 12.0 Å². The summed E-state index contributed by atoms with van der Waals surface area (Å²) in [6, 6.07) is 8.31. The minimum atomic E-state index is -0.594. The molecule has 134 valence electrons. The van der Waals surface area contributed by atoms with Gasteiger partial charge in [-0.2, -0.15) is 5.26 Å². The van der Waals surface area contributed by atoms with Gasteiger partial charge in [-0.25, -0.2) is 4.79 Å². The molecule has 0 aliphatic rings. The van der Waals surface area contributed by atoms with Crippen molar-refractivity contribution in [2.45, 2.75) is 39.2 Å². The fraction of sp³-hybridized carbons (Fsp3) is 0.412. The molecule has 0 unspecified atom stereocenters. The number of anilines is 2. The van der Waals surface area contributed by atoms with E-state index in [1.54, 1.807) is 51.1 Å². The molecule has 3 N–H and O–H groups in total. The van der Waals surface area contributed by atoms with Crippen molar-refractivity contribution in [3.8, 4) is 6.07 Å². The van der Waals surface area contributed by atoms with Crippen molar-refractivity contribution in [3.63, 3.8) is 0 Å². The minimum absolute atomic E-state index is 0.0737. The summed E-state index contributed by atoms with van der Waals surface area (Å²) in [5, 5.41) is 16.2. The number of carbonyl (C=O) groups is 3. The van der Waals surface area contributed by atoms with Crippen LogP contribution >= 0.6 is 0 Å². The van der Waals surface area contributed by atoms with Crippen LogP contribution in [0.15, 0.2) is 24.3 Å². The molecule has 8 heteroatoms. The third-order valence-electron chi connectivity index (χ3n) is 2.69. The van der Waals surface area contributed by atoms with Gasteiger partial charge in [-0.15, -0.1) is 0 Å². The molecule has 1 aromatic carbocycles. The van der Waals surface area contributed by atoms with Crippen LogP contribution in [0.2, 0.25) is 0 Å². The van der Waals surface area contributed by atoms with E-state index in [-0.39, 0.29) is 25.3 Å². The Kier molecular flexibility index (Phi) is 7.41. The quantitative estimate of drug-likeness (QED) is 0.730. The summed E-state index contributed by atoms with van der Waals surface area (Å²) in [6.45, 7) is 5.39. The number of benzene rings is 1. The van der Waals surface area contributed by atoms with E-state index in [4.69, 9.17) is 10.00 Å². The monoisotopic (exact) mass is 346 g/mol. The van der Waals surface area contributed by atoms with Crippen LogP contribution < -0.4 is 16.0 Å². The van der Waals surface area contributed by atoms with Crippen LogP contribution in [0.25, 0.3) is 0 Å². The number of hydrogen-bond donors (Lipinski definition) is 3. The van der Waals surface area contributed by atoms with Gasteiger partial charge in [0, 0.05) is 24.3 Å². The Labute approximate surface area is 146 Å². The van der Waals surface area contributed by atoms with Crippen molar-refractivity contribution in [2.75, 3.05) is 17.2 Å². The molecule has 0 fully saturated rings. The van der Waals surface area contributed by atoms with E-state index in [2.05, 4.69) is 16.0 Å². The molecule has 8 nitrogen and oxygen atoms in total. The molecule has 1 aromatic rings. The van der Waals surface area contributed by atoms with E-state index < -0.39 is 17.6 Å². The van der Waals surface area contributed by atoms with Gasteiger partial charge in [0.2, 0.25) is 11.8 Å². The van der Waals surface area contributed by atoms with Crippen molar-refractivity contribution in [1.82, 2.24) is 5.32 Å². The molecular formula is C17H22N4O4. The van der Waals surface area contributed by atoms with Gasteiger partial charge < -0.3 is 20.7 Å². The highest BCUT2D eigenvalue weighted by Gasteiger charge is 2.15. The topological polar surface area (TPSA) is 120 Å². The number of hydrogen-bond acceptors (Lipinski definition) is 5. The fourth-order valence-corrected chi connectivity index (χ4v) is 1.77. The molecule has 0 bridgehead atoms. The van der Waals surface area contributed by atoms with Crippen LogP contribution in [0.5, 0.6) is 0 Å². The van der Waals surface area contributed by atoms with Crippen molar-refractivity contribution in [2.24, 2.45) is 0 Å². The second-order valence-corrected chi connectivity index (χ2v) is 6.19. The first-order chi connectivity index (χ1) is 11.7. The van der Waals surface area contributed by atoms with E-state index >= 15 is 0 Å². The first-order valence-corrected chi connectivity index (χ1v) is 7.73. The van der Waals surface area contributed by atoms with Crippen LogP contribution in [0.4, 0.5) is 16.2 Å². The Morgan fingerprint density at radius 3 is 2.28 bits per heavy atom. The van der Waals surface area contributed by atoms with Crippen LogP contribution in [0.1, 0.15) is 33.6 Å². The van der Waals surface area contributed by atoms with Gasteiger partial charge in [-0.05, 0) is 39.0 Å². The molecule has 0 saturated carbocycles. The number of carbonyl (C=O) groups excluding carboxylic acids is 3. The van der Waals surface area contributed by atoms with Crippen LogP contribution in [0.3, 0.4) is 0 Å². The van der Waals surface area contributed by atoms with Crippen LogP contribution in [-0.4, -0.2) is 30.1 Å². The lowest BCUT2D eigenvalue weighted by Gasteiger charge is -2.19. The lowest BCUT2D eigenvalue weighted by atomic mass is 10.2. The summed E-state index contributed by atoms with van der Waals surface area (Å²) in [7, 11) is 0. The van der Waals surface area contributed by atoms with Crippen molar-refractivity contribution in [1.29, 1.82) is 5.26 Å². The maximum Gasteiger partial charge on any atom is 0.407 e. The molecule has 0 radical (unpaired) electrons. The summed E-state index contributed by atoms with van der Waals surface area (Å²) in [5.41, 5.74) is 0.380. The number of ether oxygens (including phenoxy) is 1. The van der Waals surface area contributed by atoms with E-state index in [0.717, 1.165) is 0 Å². The summed E-state index contributed by atoms with van der Waals surface area (Å²) in [6.07, 6.45) is -0.750. The lowest BCUT2D eigenvalue weighted by molar-refractivity contribution is -0.116. The van der Waals surface area contributed by atoms with E-state index in [1.807, 2.05) is 0 Å². The second kappa shape index (κ2) is 9.27. The van der Waals surface area contributed by atoms with E-state index in [1.165, 1.54) is 0 Å². The molecule has 0 spiro atoms. The fourth-order valence-electron chi connectivity index (χ4n) is 1.77. The number of rotatable bonds is 6. The van der Waals surface area contributed by atoms with Gasteiger partial charge in [0.25, 0.3) is 0 Å². The van der Waals surface area contributed by atoms with Crippen molar-refractivity contribution >= 4 is 29.3 Å². The first-order valence-electron chi connectivity index (χ1n) is 7.73. The molecule has 0 aromatic heterocycles. The number of nitrogens with one attached hydrogen (secondary N) is 3. The zero-order chi connectivity index (χ0) is 18.9. The van der Waals surface area contributed by atoms with Crippen LogP contribution in [0, 0.1) is 11.3 Å². The second-order valence-electron chi connectivity index (χ2n) is 6.19. The molecule has 1 rings (SSSR count). The van der Waals surface area contributed by atoms with E-state index in [9.17, 15) is 14.4 Å². The molecule has 0 aliphatic heterocycles. The van der Waals surface area contributed by atoms with Crippen LogP contribution in [-0.2, 0) is 14.3 Å². The average Bonchev–Trinajstić information content (AvgIpc) is 2.45. The number of amides is 3. The predicted octanol–water partition coefficient (Wildman–Crippen LogP) is 2.39. The summed E-state index contributed by atoms with van der Waals surface area (Å²) < 4.78 is 5.07. The highest BCUT2D eigenvalue weighted by Crippen LogP contribution is 2.15. The van der Waals surface area contributed by atoms with Gasteiger partial charge in [0.05, 0.1) is 6.07 Å². The lowest BCUT2D eigenvalue weighted by Crippen LogP contribution is -2.34. The summed E-state index contributed by atoms with van der Waals surface area (Å²) in [5.74, 6) is -0.718. The Morgan fingerprint density at radius 1 is 1.12 bits per heavy atom. The third kappa shape index (κ3) is 8.95. The number of alkyl carbamates (subject to hydrolysis) is 1. The molecular weight excluding hydrogens is 324 g/mol. The SMILES string of the molecule is CC(C)(C)OC(=O)NCCC(=O)Nc1cccc(NC(=O)CC#N)c1. The summed E-state index contributed by atoms with van der Waals surface area (Å²) >= 11 is 0. The van der Waals surface area contributed by atoms with Crippen molar-refractivity contribution < 1.29 is 19.1 Å². The van der Waals surface area contributed by atoms with Crippen molar-refractivity contribution in [3.05, 3.63) is 24.3 Å². The Bertz CT molecular complexity index is 674. The predicted molar refractivity (Wildman–Crippen MR) is 92.8 cm³/mol. The largest absolute Gasteiger partial charge is 0.444 e. The number of nitrogens with zero attached hydrogens (tertiary/aromatic N) is 1. The normalized spacial score (nSPS) is 10.3. The zero-order valence-corrected chi connectivity index (χ0v) is 14.5. The smallest absolute Gasteiger partial charge is 0.407 e. The number of nitriles is 1.